The number of carbonyl (C=O) groups excluding carboxylic acids is 1. The number of nitrogens with zero attached hydrogens (tertiary/aromatic N) is 2. The molecule has 6 heteroatoms. The number of H-pyrrole nitrogens is 1. The summed E-state index contributed by atoms with van der Waals surface area (Å²) in [5.41, 5.74) is 12.8. The van der Waals surface area contributed by atoms with Crippen molar-refractivity contribution in [2.75, 3.05) is 0 Å². The molecule has 5 rings (SSSR count). The van der Waals surface area contributed by atoms with E-state index in [0.717, 1.165) is 77.4 Å². The van der Waals surface area contributed by atoms with Gasteiger partial charge in [0.1, 0.15) is 17.2 Å². The number of aliphatic hydroxyl groups excluding tert-OH is 1. The molecule has 1 aromatic heterocycles. The summed E-state index contributed by atoms with van der Waals surface area (Å²) in [5, 5.41) is 15.2. The lowest BCUT2D eigenvalue weighted by molar-refractivity contribution is -0.110. The molecule has 0 radical (unpaired) electrons. The van der Waals surface area contributed by atoms with E-state index in [4.69, 9.17) is 9.98 Å². The minimum absolute atomic E-state index is 0.122. The average molecular weight is 567 g/mol. The second-order valence-electron chi connectivity index (χ2n) is 11.5. The van der Waals surface area contributed by atoms with E-state index >= 15 is 0 Å². The number of aliphatic hydroxyl groups is 1. The van der Waals surface area contributed by atoms with Crippen LogP contribution in [0.2, 0.25) is 0 Å². The van der Waals surface area contributed by atoms with Crippen molar-refractivity contribution < 1.29 is 9.90 Å². The molecule has 0 aromatic carbocycles. The fourth-order valence-corrected chi connectivity index (χ4v) is 7.43. The Kier molecular flexibility index (Phi) is 8.19. The lowest BCUT2D eigenvalue weighted by Gasteiger charge is -2.27. The maximum absolute atomic E-state index is 14.3. The second kappa shape index (κ2) is 11.5. The molecule has 0 unspecified atom stereocenters. The summed E-state index contributed by atoms with van der Waals surface area (Å²) in [7, 11) is 0. The van der Waals surface area contributed by atoms with Crippen LogP contribution in [-0.2, 0) is 17.6 Å². The topological polar surface area (TPSA) is 89.8 Å². The van der Waals surface area contributed by atoms with Crippen LogP contribution in [0.4, 0.5) is 0 Å². The molecule has 0 atom stereocenters. The maximum atomic E-state index is 14.3. The lowest BCUT2D eigenvalue weighted by Crippen LogP contribution is -2.25. The molecule has 4 aliphatic heterocycles. The molecule has 0 saturated heterocycles. The van der Waals surface area contributed by atoms with Crippen LogP contribution in [0.15, 0.2) is 66.9 Å². The fourth-order valence-electron chi connectivity index (χ4n) is 7.43. The summed E-state index contributed by atoms with van der Waals surface area (Å²) in [4.78, 5) is 28.2. The summed E-state index contributed by atoms with van der Waals surface area (Å²) >= 11 is 0. The third-order valence-corrected chi connectivity index (χ3v) is 9.78. The molecule has 0 spiro atoms. The summed E-state index contributed by atoms with van der Waals surface area (Å²) < 4.78 is 0. The Morgan fingerprint density at radius 2 is 1.24 bits per heavy atom. The Morgan fingerprint density at radius 3 is 1.79 bits per heavy atom. The monoisotopic (exact) mass is 566 g/mol. The fraction of sp³-hybridized carbons (Fsp3) is 0.472. The van der Waals surface area contributed by atoms with Crippen LogP contribution in [0.1, 0.15) is 116 Å². The van der Waals surface area contributed by atoms with Crippen molar-refractivity contribution in [3.05, 3.63) is 79.4 Å². The quantitative estimate of drug-likeness (QED) is 0.294. The minimum atomic E-state index is -0.667. The van der Waals surface area contributed by atoms with Crippen molar-refractivity contribution in [3.63, 3.8) is 0 Å². The molecular formula is C36H46N4O2. The molecule has 42 heavy (non-hydrogen) atoms. The van der Waals surface area contributed by atoms with Gasteiger partial charge in [-0.05, 0) is 103 Å². The van der Waals surface area contributed by atoms with Crippen molar-refractivity contribution >= 4 is 29.4 Å². The van der Waals surface area contributed by atoms with Gasteiger partial charge in [-0.3, -0.25) is 4.79 Å². The summed E-state index contributed by atoms with van der Waals surface area (Å²) in [6.45, 7) is 17.1. The first-order chi connectivity index (χ1) is 20.3. The SMILES string of the molecule is CCC1=C(CC)C2=NC1=Cc1[nH]c(c(CC)c1CC)C=C1NC(=C(O)C1(CC)CC)C(=O)C1=NC(=C2)C(CC)=C1CC. The van der Waals surface area contributed by atoms with E-state index in [1.54, 1.807) is 0 Å². The molecule has 5 heterocycles. The predicted molar refractivity (Wildman–Crippen MR) is 174 cm³/mol. The van der Waals surface area contributed by atoms with E-state index in [1.165, 1.54) is 22.3 Å². The number of fused-ring (bicyclic) bond motifs is 6. The number of rotatable bonds is 8. The maximum Gasteiger partial charge on any atom is 0.231 e. The standard InChI is InChI=1S/C36H46N4O2/c1-9-20-21(10-2)28-18-29-24(13-5)25(14-6)32(39-29)34(41)33-35(42)36(15-7,16-8)31(40-33)19-30-23(12-4)22(11-3)27(38-30)17-26(20)37-28/h17-19,38,40,42H,9-16H2,1-8H3. The summed E-state index contributed by atoms with van der Waals surface area (Å²) in [5.74, 6) is -0.122. The Labute approximate surface area is 250 Å². The van der Waals surface area contributed by atoms with Crippen LogP contribution in [0.5, 0.6) is 0 Å². The highest BCUT2D eigenvalue weighted by Gasteiger charge is 2.46. The Bertz CT molecular complexity index is 1590. The minimum Gasteiger partial charge on any atom is -0.509 e. The number of nitrogens with one attached hydrogen (secondary N) is 2. The van der Waals surface area contributed by atoms with E-state index < -0.39 is 5.41 Å². The van der Waals surface area contributed by atoms with Gasteiger partial charge in [0.25, 0.3) is 0 Å². The van der Waals surface area contributed by atoms with Gasteiger partial charge < -0.3 is 15.4 Å². The van der Waals surface area contributed by atoms with Crippen molar-refractivity contribution in [2.45, 2.75) is 107 Å². The van der Waals surface area contributed by atoms with Gasteiger partial charge >= 0.3 is 0 Å². The number of allylic oxidation sites excluding steroid dienone is 6. The van der Waals surface area contributed by atoms with E-state index in [1.807, 2.05) is 0 Å². The number of Topliss-reactive ketones (excluding diaryl/α,β-unsaturated/α-hetero) is 1. The van der Waals surface area contributed by atoms with Crippen LogP contribution in [0.3, 0.4) is 0 Å². The van der Waals surface area contributed by atoms with Crippen molar-refractivity contribution in [1.82, 2.24) is 10.3 Å². The Morgan fingerprint density at radius 1 is 0.690 bits per heavy atom. The number of hydrogen-bond donors (Lipinski definition) is 3. The number of ketones is 1. The first-order valence-corrected chi connectivity index (χ1v) is 16.0. The molecular weight excluding hydrogens is 520 g/mol. The number of aromatic amines is 1. The van der Waals surface area contributed by atoms with Crippen LogP contribution in [0, 0.1) is 5.41 Å². The molecule has 0 amide bonds. The molecule has 0 aliphatic carbocycles. The predicted octanol–water partition coefficient (Wildman–Crippen LogP) is 8.61. The van der Waals surface area contributed by atoms with Crippen molar-refractivity contribution in [2.24, 2.45) is 15.4 Å². The molecule has 6 nitrogen and oxygen atoms in total. The molecule has 222 valence electrons. The smallest absolute Gasteiger partial charge is 0.231 e. The number of hydrogen-bond acceptors (Lipinski definition) is 5. The summed E-state index contributed by atoms with van der Waals surface area (Å²) in [6.07, 6.45) is 12.7. The third-order valence-electron chi connectivity index (χ3n) is 9.78. The van der Waals surface area contributed by atoms with Crippen molar-refractivity contribution in [1.29, 1.82) is 0 Å². The highest BCUT2D eigenvalue weighted by Crippen LogP contribution is 2.47. The molecule has 1 aromatic rings. The highest BCUT2D eigenvalue weighted by atomic mass is 16.3. The van der Waals surface area contributed by atoms with Crippen LogP contribution in [0.25, 0.3) is 12.2 Å². The van der Waals surface area contributed by atoms with E-state index in [-0.39, 0.29) is 17.2 Å². The molecule has 8 bridgehead atoms. The first kappa shape index (κ1) is 29.8. The van der Waals surface area contributed by atoms with Crippen LogP contribution < -0.4 is 5.32 Å². The van der Waals surface area contributed by atoms with Crippen LogP contribution in [-0.4, -0.2) is 27.3 Å². The van der Waals surface area contributed by atoms with Gasteiger partial charge in [-0.25, -0.2) is 9.98 Å². The zero-order valence-electron chi connectivity index (χ0n) is 26.6. The van der Waals surface area contributed by atoms with Gasteiger partial charge in [0, 0.05) is 17.1 Å². The van der Waals surface area contributed by atoms with Crippen molar-refractivity contribution in [3.8, 4) is 0 Å². The van der Waals surface area contributed by atoms with Gasteiger partial charge in [0.05, 0.1) is 22.5 Å². The highest BCUT2D eigenvalue weighted by molar-refractivity contribution is 6.52. The largest absolute Gasteiger partial charge is 0.509 e. The number of aliphatic imine (C=N–C) groups is 2. The summed E-state index contributed by atoms with van der Waals surface area (Å²) in [6, 6.07) is 0. The van der Waals surface area contributed by atoms with Gasteiger partial charge in [-0.2, -0.15) is 0 Å². The second-order valence-corrected chi connectivity index (χ2v) is 11.5. The van der Waals surface area contributed by atoms with E-state index in [9.17, 15) is 9.90 Å². The molecule has 4 aliphatic rings. The zero-order chi connectivity index (χ0) is 30.3. The number of carbonyl (C=O) groups is 1. The third kappa shape index (κ3) is 4.33. The van der Waals surface area contributed by atoms with E-state index in [2.05, 4.69) is 83.9 Å². The van der Waals surface area contributed by atoms with Gasteiger partial charge in [0.2, 0.25) is 5.78 Å². The molecule has 3 N–H and O–H groups in total. The number of aromatic nitrogens is 1. The van der Waals surface area contributed by atoms with Gasteiger partial charge in [0.15, 0.2) is 0 Å². The zero-order valence-corrected chi connectivity index (χ0v) is 26.6. The average Bonchev–Trinajstić information content (AvgIpc) is 3.71. The van der Waals surface area contributed by atoms with Gasteiger partial charge in [-0.15, -0.1) is 0 Å². The van der Waals surface area contributed by atoms with Crippen LogP contribution >= 0.6 is 0 Å². The Balaban J connectivity index is 1.88. The Hall–Kier alpha value is -3.67. The van der Waals surface area contributed by atoms with E-state index in [0.29, 0.717) is 25.0 Å². The first-order valence-electron chi connectivity index (χ1n) is 16.0. The molecule has 0 fully saturated rings. The normalized spacial score (nSPS) is 19.7. The van der Waals surface area contributed by atoms with Gasteiger partial charge in [-0.1, -0.05) is 55.4 Å². The lowest BCUT2D eigenvalue weighted by atomic mass is 9.78. The molecule has 0 saturated carbocycles.